The SMILES string of the molecule is c1ccc(-c2ccc(-n3c4ccccc4c4cc(-c5ccc(N(c6ccc7oc8ccccc8c7c6)c6cc7ccccc7c7ccccc67)cc5)ccc43)cc2)cc1. The second kappa shape index (κ2) is 13.4. The van der Waals surface area contributed by atoms with Gasteiger partial charge in [0.15, 0.2) is 0 Å². The third-order valence-electron chi connectivity index (χ3n) is 12.0. The predicted molar refractivity (Wildman–Crippen MR) is 249 cm³/mol. The quantitative estimate of drug-likeness (QED) is 0.158. The second-order valence-corrected chi connectivity index (χ2v) is 15.3. The minimum Gasteiger partial charge on any atom is -0.456 e. The number of rotatable bonds is 6. The Bertz CT molecular complexity index is 3540. The Labute approximate surface area is 341 Å². The third kappa shape index (κ3) is 5.44. The van der Waals surface area contributed by atoms with Crippen molar-refractivity contribution in [2.75, 3.05) is 4.90 Å². The number of anilines is 3. The van der Waals surface area contributed by atoms with Crippen LogP contribution in [-0.2, 0) is 0 Å². The van der Waals surface area contributed by atoms with Crippen LogP contribution in [0, 0.1) is 0 Å². The lowest BCUT2D eigenvalue weighted by atomic mass is 9.98. The molecular formula is C56H36N2O. The van der Waals surface area contributed by atoms with E-state index in [0.29, 0.717) is 0 Å². The van der Waals surface area contributed by atoms with Crippen LogP contribution < -0.4 is 4.90 Å². The molecule has 59 heavy (non-hydrogen) atoms. The van der Waals surface area contributed by atoms with Gasteiger partial charge in [0.05, 0.1) is 16.7 Å². The average Bonchev–Trinajstić information content (AvgIpc) is 3.85. The molecule has 0 N–H and O–H groups in total. The van der Waals surface area contributed by atoms with Crippen LogP contribution in [0.1, 0.15) is 0 Å². The zero-order valence-electron chi connectivity index (χ0n) is 32.1. The molecule has 10 aromatic carbocycles. The molecular weight excluding hydrogens is 717 g/mol. The van der Waals surface area contributed by atoms with Crippen molar-refractivity contribution >= 4 is 82.4 Å². The fraction of sp³-hybridized carbons (Fsp3) is 0. The summed E-state index contributed by atoms with van der Waals surface area (Å²) in [5.74, 6) is 0. The molecule has 0 saturated heterocycles. The first kappa shape index (κ1) is 33.3. The summed E-state index contributed by atoms with van der Waals surface area (Å²) in [6.45, 7) is 0. The number of nitrogens with zero attached hydrogens (tertiary/aromatic N) is 2. The van der Waals surface area contributed by atoms with Gasteiger partial charge in [-0.15, -0.1) is 0 Å². The van der Waals surface area contributed by atoms with E-state index in [-0.39, 0.29) is 0 Å². The summed E-state index contributed by atoms with van der Waals surface area (Å²) in [6, 6.07) is 78.8. The summed E-state index contributed by atoms with van der Waals surface area (Å²) < 4.78 is 8.66. The summed E-state index contributed by atoms with van der Waals surface area (Å²) in [7, 11) is 0. The van der Waals surface area contributed by atoms with Gasteiger partial charge in [0, 0.05) is 44.0 Å². The molecule has 0 amide bonds. The molecule has 2 heterocycles. The summed E-state index contributed by atoms with van der Waals surface area (Å²) in [6.07, 6.45) is 0. The number of aromatic nitrogens is 1. The molecule has 276 valence electrons. The van der Waals surface area contributed by atoms with Crippen molar-refractivity contribution in [1.82, 2.24) is 4.57 Å². The maximum atomic E-state index is 6.28. The van der Waals surface area contributed by atoms with E-state index in [2.05, 4.69) is 216 Å². The Kier molecular flexibility index (Phi) is 7.54. The first-order valence-corrected chi connectivity index (χ1v) is 20.2. The third-order valence-corrected chi connectivity index (χ3v) is 12.0. The standard InChI is InChI=1S/C56H36N2O/c1-2-12-37(13-3-1)38-22-29-43(30-23-38)58-52-20-10-8-18-48(52)50-34-40(26-32-53(50)58)39-24-27-42(28-25-39)57(44-31-33-56-51(36-44)49-19-9-11-21-55(49)59-56)54-35-41-14-4-5-15-45(41)46-16-6-7-17-47(46)54/h1-36H. The van der Waals surface area contributed by atoms with Gasteiger partial charge in [-0.2, -0.15) is 0 Å². The molecule has 0 fully saturated rings. The molecule has 12 rings (SSSR count). The van der Waals surface area contributed by atoms with Crippen molar-refractivity contribution in [2.24, 2.45) is 0 Å². The van der Waals surface area contributed by atoms with E-state index >= 15 is 0 Å². The Balaban J connectivity index is 0.987. The molecule has 2 aromatic heterocycles. The zero-order valence-corrected chi connectivity index (χ0v) is 32.1. The highest BCUT2D eigenvalue weighted by molar-refractivity contribution is 6.15. The highest BCUT2D eigenvalue weighted by atomic mass is 16.3. The maximum Gasteiger partial charge on any atom is 0.135 e. The van der Waals surface area contributed by atoms with Crippen molar-refractivity contribution in [1.29, 1.82) is 0 Å². The van der Waals surface area contributed by atoms with E-state index < -0.39 is 0 Å². The maximum absolute atomic E-state index is 6.28. The van der Waals surface area contributed by atoms with Gasteiger partial charge in [0.2, 0.25) is 0 Å². The fourth-order valence-electron chi connectivity index (χ4n) is 9.17. The monoisotopic (exact) mass is 752 g/mol. The van der Waals surface area contributed by atoms with Gasteiger partial charge in [0.25, 0.3) is 0 Å². The van der Waals surface area contributed by atoms with E-state index in [1.54, 1.807) is 0 Å². The zero-order chi connectivity index (χ0) is 38.9. The van der Waals surface area contributed by atoms with Crippen LogP contribution in [0.25, 0.3) is 93.2 Å². The topological polar surface area (TPSA) is 21.3 Å². The molecule has 3 heteroatoms. The first-order valence-electron chi connectivity index (χ1n) is 20.2. The van der Waals surface area contributed by atoms with Gasteiger partial charge in [-0.25, -0.2) is 0 Å². The molecule has 0 unspecified atom stereocenters. The lowest BCUT2D eigenvalue weighted by molar-refractivity contribution is 0.669. The van der Waals surface area contributed by atoms with Crippen LogP contribution in [0.15, 0.2) is 223 Å². The Morgan fingerprint density at radius 1 is 0.322 bits per heavy atom. The van der Waals surface area contributed by atoms with Gasteiger partial charge in [-0.05, 0) is 111 Å². The summed E-state index contributed by atoms with van der Waals surface area (Å²) in [5.41, 5.74) is 13.4. The molecule has 3 nitrogen and oxygen atoms in total. The van der Waals surface area contributed by atoms with Crippen LogP contribution in [-0.4, -0.2) is 4.57 Å². The molecule has 0 radical (unpaired) electrons. The minimum absolute atomic E-state index is 0.884. The van der Waals surface area contributed by atoms with E-state index in [1.807, 2.05) is 12.1 Å². The van der Waals surface area contributed by atoms with Crippen molar-refractivity contribution in [2.45, 2.75) is 0 Å². The minimum atomic E-state index is 0.884. The van der Waals surface area contributed by atoms with Gasteiger partial charge >= 0.3 is 0 Å². The molecule has 0 bridgehead atoms. The number of fused-ring (bicyclic) bond motifs is 9. The van der Waals surface area contributed by atoms with E-state index in [0.717, 1.165) is 44.7 Å². The predicted octanol–water partition coefficient (Wildman–Crippen LogP) is 15.8. The molecule has 0 aliphatic heterocycles. The summed E-state index contributed by atoms with van der Waals surface area (Å²) in [5, 5.41) is 9.58. The highest BCUT2D eigenvalue weighted by Gasteiger charge is 2.20. The highest BCUT2D eigenvalue weighted by Crippen LogP contribution is 2.44. The average molecular weight is 753 g/mol. The van der Waals surface area contributed by atoms with Crippen molar-refractivity contribution in [3.8, 4) is 27.9 Å². The van der Waals surface area contributed by atoms with Gasteiger partial charge in [-0.3, -0.25) is 0 Å². The van der Waals surface area contributed by atoms with Gasteiger partial charge < -0.3 is 13.9 Å². The van der Waals surface area contributed by atoms with Crippen molar-refractivity contribution < 1.29 is 4.42 Å². The summed E-state index contributed by atoms with van der Waals surface area (Å²) >= 11 is 0. The fourth-order valence-corrected chi connectivity index (χ4v) is 9.17. The van der Waals surface area contributed by atoms with E-state index in [9.17, 15) is 0 Å². The lowest BCUT2D eigenvalue weighted by Gasteiger charge is -2.28. The van der Waals surface area contributed by atoms with Gasteiger partial charge in [-0.1, -0.05) is 146 Å². The first-order chi connectivity index (χ1) is 29.2. The largest absolute Gasteiger partial charge is 0.456 e. The molecule has 12 aromatic rings. The smallest absolute Gasteiger partial charge is 0.135 e. The van der Waals surface area contributed by atoms with Crippen LogP contribution in [0.4, 0.5) is 17.1 Å². The molecule has 0 atom stereocenters. The van der Waals surface area contributed by atoms with Crippen LogP contribution in [0.5, 0.6) is 0 Å². The van der Waals surface area contributed by atoms with Crippen molar-refractivity contribution in [3.63, 3.8) is 0 Å². The van der Waals surface area contributed by atoms with Crippen LogP contribution >= 0.6 is 0 Å². The molecule has 0 aliphatic carbocycles. The van der Waals surface area contributed by atoms with Crippen LogP contribution in [0.3, 0.4) is 0 Å². The number of hydrogen-bond donors (Lipinski definition) is 0. The van der Waals surface area contributed by atoms with Crippen LogP contribution in [0.2, 0.25) is 0 Å². The number of benzene rings is 10. The number of hydrogen-bond acceptors (Lipinski definition) is 2. The van der Waals surface area contributed by atoms with Crippen molar-refractivity contribution in [3.05, 3.63) is 218 Å². The van der Waals surface area contributed by atoms with E-state index in [4.69, 9.17) is 4.42 Å². The second-order valence-electron chi connectivity index (χ2n) is 15.3. The molecule has 0 spiro atoms. The molecule has 0 aliphatic rings. The Hall–Kier alpha value is -7.88. The molecule has 0 saturated carbocycles. The van der Waals surface area contributed by atoms with E-state index in [1.165, 1.54) is 65.6 Å². The number of furan rings is 1. The van der Waals surface area contributed by atoms with Gasteiger partial charge in [0.1, 0.15) is 11.2 Å². The number of para-hydroxylation sites is 2. The Morgan fingerprint density at radius 2 is 0.898 bits per heavy atom. The lowest BCUT2D eigenvalue weighted by Crippen LogP contribution is -2.10. The summed E-state index contributed by atoms with van der Waals surface area (Å²) in [4.78, 5) is 2.40. The normalized spacial score (nSPS) is 11.7. The Morgan fingerprint density at radius 3 is 1.73 bits per heavy atom.